The van der Waals surface area contributed by atoms with Gasteiger partial charge in [-0.1, -0.05) is 24.4 Å². The number of amides is 2. The second-order valence-electron chi connectivity index (χ2n) is 5.04. The number of imidazole rings is 1. The summed E-state index contributed by atoms with van der Waals surface area (Å²) in [6, 6.07) is 7.30. The summed E-state index contributed by atoms with van der Waals surface area (Å²) in [5, 5.41) is 5.39. The Morgan fingerprint density at radius 3 is 2.83 bits per heavy atom. The monoisotopic (exact) mass is 362 g/mol. The fourth-order valence-electron chi connectivity index (χ4n) is 2.25. The number of aromatic nitrogens is 4. The number of rotatable bonds is 5. The smallest absolute Gasteiger partial charge is 0.319 e. The van der Waals surface area contributed by atoms with Gasteiger partial charge in [-0.3, -0.25) is 0 Å². The lowest BCUT2D eigenvalue weighted by Gasteiger charge is -2.08. The third-order valence-electron chi connectivity index (χ3n) is 3.37. The van der Waals surface area contributed by atoms with Gasteiger partial charge < -0.3 is 20.2 Å². The molecule has 124 valence electrons. The van der Waals surface area contributed by atoms with Gasteiger partial charge >= 0.3 is 6.03 Å². The molecule has 3 rings (SSSR count). The number of fused-ring (bicyclic) bond motifs is 1. The van der Waals surface area contributed by atoms with E-state index >= 15 is 0 Å². The van der Waals surface area contributed by atoms with Crippen LogP contribution in [0, 0.1) is 4.64 Å². The molecule has 0 aliphatic carbocycles. The van der Waals surface area contributed by atoms with Crippen molar-refractivity contribution in [2.75, 3.05) is 17.7 Å². The fourth-order valence-corrected chi connectivity index (χ4v) is 2.55. The van der Waals surface area contributed by atoms with E-state index in [2.05, 4.69) is 25.6 Å². The Hall–Kier alpha value is -2.45. The maximum atomic E-state index is 11.6. The van der Waals surface area contributed by atoms with Crippen LogP contribution in [0.5, 0.6) is 0 Å². The maximum Gasteiger partial charge on any atom is 0.319 e. The average Bonchev–Trinajstić information content (AvgIpc) is 2.99. The average molecular weight is 363 g/mol. The Morgan fingerprint density at radius 2 is 2.08 bits per heavy atom. The number of halogens is 1. The van der Waals surface area contributed by atoms with Gasteiger partial charge in [-0.15, -0.1) is 11.6 Å². The van der Waals surface area contributed by atoms with Crippen molar-refractivity contribution in [3.63, 3.8) is 0 Å². The lowest BCUT2D eigenvalue weighted by Crippen LogP contribution is -2.30. The van der Waals surface area contributed by atoms with Crippen molar-refractivity contribution < 1.29 is 4.79 Å². The van der Waals surface area contributed by atoms with Crippen LogP contribution in [0.25, 0.3) is 11.2 Å². The van der Waals surface area contributed by atoms with E-state index in [1.807, 2.05) is 28.8 Å². The molecule has 1 aromatic carbocycles. The number of nitrogens with zero attached hydrogens (tertiary/aromatic N) is 3. The second-order valence-corrected chi connectivity index (χ2v) is 5.81. The van der Waals surface area contributed by atoms with Crippen LogP contribution >= 0.6 is 23.8 Å². The van der Waals surface area contributed by atoms with Crippen molar-refractivity contribution in [3.05, 3.63) is 47.1 Å². The summed E-state index contributed by atoms with van der Waals surface area (Å²) in [6.45, 7) is 1.06. The first kappa shape index (κ1) is 16.4. The van der Waals surface area contributed by atoms with E-state index in [-0.39, 0.29) is 6.03 Å². The van der Waals surface area contributed by atoms with Crippen LogP contribution in [-0.4, -0.2) is 38.0 Å². The van der Waals surface area contributed by atoms with E-state index in [9.17, 15) is 4.79 Å². The Labute approximate surface area is 148 Å². The van der Waals surface area contributed by atoms with E-state index in [4.69, 9.17) is 23.8 Å². The van der Waals surface area contributed by atoms with Gasteiger partial charge in [0.25, 0.3) is 0 Å². The zero-order chi connectivity index (χ0) is 16.9. The lowest BCUT2D eigenvalue weighted by molar-refractivity contribution is 0.252. The zero-order valence-corrected chi connectivity index (χ0v) is 14.2. The third-order valence-corrected chi connectivity index (χ3v) is 3.86. The molecule has 0 fully saturated rings. The summed E-state index contributed by atoms with van der Waals surface area (Å²) in [5.41, 5.74) is 3.29. The first-order valence-electron chi connectivity index (χ1n) is 7.25. The number of nitrogens with one attached hydrogen (secondary N) is 3. The highest BCUT2D eigenvalue weighted by molar-refractivity contribution is 7.71. The predicted octanol–water partition coefficient (Wildman–Crippen LogP) is 2.90. The topological polar surface area (TPSA) is 87.6 Å². The third kappa shape index (κ3) is 3.72. The van der Waals surface area contributed by atoms with Gasteiger partial charge in [0.2, 0.25) is 0 Å². The van der Waals surface area contributed by atoms with Crippen LogP contribution in [-0.2, 0) is 6.54 Å². The molecule has 2 amide bonds. The zero-order valence-electron chi connectivity index (χ0n) is 12.6. The van der Waals surface area contributed by atoms with Gasteiger partial charge in [0.15, 0.2) is 4.64 Å². The van der Waals surface area contributed by atoms with Gasteiger partial charge in [-0.2, -0.15) is 0 Å². The number of anilines is 1. The molecule has 3 N–H and O–H groups in total. The minimum Gasteiger partial charge on any atom is -0.337 e. The highest BCUT2D eigenvalue weighted by Crippen LogP contribution is 2.14. The van der Waals surface area contributed by atoms with Crippen molar-refractivity contribution in [3.8, 4) is 0 Å². The Morgan fingerprint density at radius 1 is 1.29 bits per heavy atom. The molecule has 3 aromatic rings. The van der Waals surface area contributed by atoms with Crippen LogP contribution in [0.4, 0.5) is 10.5 Å². The summed E-state index contributed by atoms with van der Waals surface area (Å²) in [6.07, 6.45) is 3.29. The van der Waals surface area contributed by atoms with Gasteiger partial charge in [0.05, 0.1) is 19.2 Å². The van der Waals surface area contributed by atoms with Crippen molar-refractivity contribution in [1.29, 1.82) is 0 Å². The number of aromatic amines is 1. The molecule has 2 aromatic heterocycles. The molecular weight excluding hydrogens is 348 g/mol. The number of alkyl halides is 1. The Bertz CT molecular complexity index is 904. The molecule has 0 radical (unpaired) electrons. The minimum atomic E-state index is -0.274. The molecule has 0 saturated heterocycles. The highest BCUT2D eigenvalue weighted by Gasteiger charge is 2.06. The number of carbonyl (C=O) groups is 1. The number of benzene rings is 1. The Kier molecular flexibility index (Phi) is 5.07. The normalized spacial score (nSPS) is 10.7. The number of carbonyl (C=O) groups excluding carboxylic acids is 1. The number of hydrogen-bond acceptors (Lipinski definition) is 4. The van der Waals surface area contributed by atoms with Gasteiger partial charge in [-0.25, -0.2) is 14.8 Å². The van der Waals surface area contributed by atoms with Gasteiger partial charge in [-0.05, 0) is 17.7 Å². The maximum absolute atomic E-state index is 11.6. The molecule has 24 heavy (non-hydrogen) atoms. The molecule has 0 aliphatic rings. The van der Waals surface area contributed by atoms with Crippen LogP contribution in [0.2, 0.25) is 0 Å². The largest absolute Gasteiger partial charge is 0.337 e. The van der Waals surface area contributed by atoms with Crippen molar-refractivity contribution in [2.24, 2.45) is 0 Å². The van der Waals surface area contributed by atoms with E-state index in [1.54, 1.807) is 12.7 Å². The highest BCUT2D eigenvalue weighted by atomic mass is 35.5. The molecule has 0 spiro atoms. The molecule has 0 saturated carbocycles. The molecule has 2 heterocycles. The molecular formula is C15H15ClN6OS. The summed E-state index contributed by atoms with van der Waals surface area (Å²) in [5.74, 6) is 0.379. The molecule has 7 nitrogen and oxygen atoms in total. The first-order chi connectivity index (χ1) is 11.7. The standard InChI is InChI=1S/C15H15ClN6OS/c16-5-6-17-15(23)21-11-3-1-10(2-4-11)7-22-9-20-12-13(22)18-8-19-14(12)24/h1-4,8-9H,5-7H2,(H2,17,21,23)(H,18,19,24). The number of hydrogen-bond donors (Lipinski definition) is 3. The van der Waals surface area contributed by atoms with Crippen molar-refractivity contribution >= 4 is 46.7 Å². The minimum absolute atomic E-state index is 0.274. The van der Waals surface area contributed by atoms with E-state index in [1.165, 1.54) is 0 Å². The summed E-state index contributed by atoms with van der Waals surface area (Å²) in [7, 11) is 0. The van der Waals surface area contributed by atoms with E-state index in [0.717, 1.165) is 11.2 Å². The van der Waals surface area contributed by atoms with Crippen molar-refractivity contribution in [1.82, 2.24) is 24.8 Å². The quantitative estimate of drug-likeness (QED) is 0.481. The fraction of sp³-hybridized carbons (Fsp3) is 0.200. The van der Waals surface area contributed by atoms with E-state index in [0.29, 0.717) is 34.8 Å². The summed E-state index contributed by atoms with van der Waals surface area (Å²) < 4.78 is 2.44. The van der Waals surface area contributed by atoms with Gasteiger partial charge in [0, 0.05) is 18.1 Å². The molecule has 0 bridgehead atoms. The first-order valence-corrected chi connectivity index (χ1v) is 8.20. The molecule has 0 aliphatic heterocycles. The lowest BCUT2D eigenvalue weighted by atomic mass is 10.2. The van der Waals surface area contributed by atoms with E-state index < -0.39 is 0 Å². The van der Waals surface area contributed by atoms with Crippen LogP contribution in [0.3, 0.4) is 0 Å². The summed E-state index contributed by atoms with van der Waals surface area (Å²) >= 11 is 10.7. The second kappa shape index (κ2) is 7.41. The molecule has 0 unspecified atom stereocenters. The molecule has 9 heteroatoms. The van der Waals surface area contributed by atoms with Gasteiger partial charge in [0.1, 0.15) is 11.2 Å². The van der Waals surface area contributed by atoms with Crippen LogP contribution in [0.15, 0.2) is 36.9 Å². The van der Waals surface area contributed by atoms with Crippen LogP contribution < -0.4 is 10.6 Å². The number of urea groups is 1. The predicted molar refractivity (Wildman–Crippen MR) is 96.0 cm³/mol. The molecule has 0 atom stereocenters. The summed E-state index contributed by atoms with van der Waals surface area (Å²) in [4.78, 5) is 22.9. The van der Waals surface area contributed by atoms with Crippen molar-refractivity contribution in [2.45, 2.75) is 6.54 Å². The van der Waals surface area contributed by atoms with Crippen LogP contribution in [0.1, 0.15) is 5.56 Å². The Balaban J connectivity index is 1.71. The SMILES string of the molecule is O=C(NCCCl)Nc1ccc(Cn2cnc3c(=S)nc[nH]c32)cc1. The number of H-pyrrole nitrogens is 1.